The van der Waals surface area contributed by atoms with Gasteiger partial charge < -0.3 is 5.11 Å². The summed E-state index contributed by atoms with van der Waals surface area (Å²) in [5, 5.41) is 11.8. The Bertz CT molecular complexity index is 1220. The van der Waals surface area contributed by atoms with E-state index in [2.05, 4.69) is 54.1 Å². The van der Waals surface area contributed by atoms with E-state index in [-0.39, 0.29) is 5.41 Å². The Balaban J connectivity index is 1.43. The van der Waals surface area contributed by atoms with Crippen molar-refractivity contribution in [3.05, 3.63) is 66.0 Å². The maximum atomic E-state index is 12.3. The number of carbonyl (C=O) groups is 1. The molecule has 35 heavy (non-hydrogen) atoms. The molecule has 0 unspecified atom stereocenters. The van der Waals surface area contributed by atoms with Crippen LogP contribution in [-0.2, 0) is 4.79 Å². The van der Waals surface area contributed by atoms with Gasteiger partial charge in [0.05, 0.1) is 0 Å². The van der Waals surface area contributed by atoms with E-state index in [1.54, 1.807) is 0 Å². The molecule has 3 heteroatoms. The minimum atomic E-state index is -0.913. The highest BCUT2D eigenvalue weighted by molar-refractivity contribution is 5.91. The lowest BCUT2D eigenvalue weighted by molar-refractivity contribution is -0.117. The number of allylic oxidation sites excluding steroid dienone is 1. The molecule has 7 atom stereocenters. The van der Waals surface area contributed by atoms with Crippen molar-refractivity contribution >= 4 is 5.78 Å². The van der Waals surface area contributed by atoms with Crippen molar-refractivity contribution in [3.63, 3.8) is 0 Å². The van der Waals surface area contributed by atoms with Gasteiger partial charge in [0.2, 0.25) is 0 Å². The van der Waals surface area contributed by atoms with Crippen molar-refractivity contribution < 1.29 is 9.90 Å². The Morgan fingerprint density at radius 2 is 1.86 bits per heavy atom. The summed E-state index contributed by atoms with van der Waals surface area (Å²) in [6.07, 6.45) is 12.3. The van der Waals surface area contributed by atoms with E-state index >= 15 is 0 Å². The molecule has 4 aliphatic rings. The number of carbonyl (C=O) groups excluding carboxylic acids is 1. The summed E-state index contributed by atoms with van der Waals surface area (Å²) in [7, 11) is 0. The van der Waals surface area contributed by atoms with Crippen LogP contribution in [0.1, 0.15) is 70.3 Å². The highest BCUT2D eigenvalue weighted by Crippen LogP contribution is 2.68. The Kier molecular flexibility index (Phi) is 5.49. The van der Waals surface area contributed by atoms with Crippen LogP contribution in [0.4, 0.5) is 0 Å². The predicted molar refractivity (Wildman–Crippen MR) is 138 cm³/mol. The highest BCUT2D eigenvalue weighted by atomic mass is 16.3. The van der Waals surface area contributed by atoms with E-state index < -0.39 is 5.60 Å². The Morgan fingerprint density at radius 1 is 1.03 bits per heavy atom. The standard InChI is InChI=1S/C32H35NO2/c1-3-15-32(35)16-14-29-27-12-10-23-18-25(34)11-13-26(23)30(27)28(19-31(29,32)2)22-8-6-21(7-9-22)24-5-4-17-33-20-24/h4-9,17-18,20,26-30,35H,10-14,16,19H2,1-2H3/t26-,27-,28+,29-,30+,31-,32-/m0/s1. The van der Waals surface area contributed by atoms with E-state index in [0.29, 0.717) is 41.8 Å². The van der Waals surface area contributed by atoms with Gasteiger partial charge in [-0.05, 0) is 104 Å². The maximum absolute atomic E-state index is 12.3. The second-order valence-electron chi connectivity index (χ2n) is 11.6. The average molecular weight is 466 g/mol. The van der Waals surface area contributed by atoms with Gasteiger partial charge in [-0.2, -0.15) is 0 Å². The Morgan fingerprint density at radius 3 is 2.60 bits per heavy atom. The third-order valence-electron chi connectivity index (χ3n) is 10.1. The molecule has 6 rings (SSSR count). The predicted octanol–water partition coefficient (Wildman–Crippen LogP) is 6.34. The first-order valence-electron chi connectivity index (χ1n) is 13.3. The van der Waals surface area contributed by atoms with Crippen LogP contribution in [0, 0.1) is 40.9 Å². The summed E-state index contributed by atoms with van der Waals surface area (Å²) >= 11 is 0. The monoisotopic (exact) mass is 465 g/mol. The van der Waals surface area contributed by atoms with E-state index in [4.69, 9.17) is 0 Å². The number of aromatic nitrogens is 1. The number of hydrogen-bond donors (Lipinski definition) is 1. The van der Waals surface area contributed by atoms with Crippen LogP contribution in [0.25, 0.3) is 11.1 Å². The normalized spacial score (nSPS) is 37.9. The van der Waals surface area contributed by atoms with Gasteiger partial charge in [-0.25, -0.2) is 0 Å². The number of hydrogen-bond acceptors (Lipinski definition) is 3. The number of rotatable bonds is 2. The number of nitrogens with zero attached hydrogens (tertiary/aromatic N) is 1. The Labute approximate surface area is 209 Å². The molecule has 0 aliphatic heterocycles. The van der Waals surface area contributed by atoms with Gasteiger partial charge in [0.15, 0.2) is 5.78 Å². The fourth-order valence-electron chi connectivity index (χ4n) is 8.52. The largest absolute Gasteiger partial charge is 0.377 e. The molecule has 0 spiro atoms. The summed E-state index contributed by atoms with van der Waals surface area (Å²) < 4.78 is 0. The summed E-state index contributed by atoms with van der Waals surface area (Å²) in [5.74, 6) is 9.06. The molecule has 2 aromatic rings. The molecule has 0 amide bonds. The number of fused-ring (bicyclic) bond motifs is 5. The molecule has 0 radical (unpaired) electrons. The average Bonchev–Trinajstić information content (AvgIpc) is 3.14. The lowest BCUT2D eigenvalue weighted by Crippen LogP contribution is -2.54. The molecule has 4 aliphatic carbocycles. The minimum absolute atomic E-state index is 0.213. The van der Waals surface area contributed by atoms with Gasteiger partial charge in [0.25, 0.3) is 0 Å². The lowest BCUT2D eigenvalue weighted by atomic mass is 9.46. The van der Waals surface area contributed by atoms with Gasteiger partial charge in [-0.1, -0.05) is 48.7 Å². The van der Waals surface area contributed by atoms with Gasteiger partial charge in [0.1, 0.15) is 5.60 Å². The first kappa shape index (κ1) is 22.7. The van der Waals surface area contributed by atoms with Crippen molar-refractivity contribution in [1.82, 2.24) is 4.98 Å². The molecule has 3 fully saturated rings. The molecule has 1 N–H and O–H groups in total. The van der Waals surface area contributed by atoms with Crippen molar-refractivity contribution in [2.75, 3.05) is 0 Å². The number of benzene rings is 1. The van der Waals surface area contributed by atoms with Crippen LogP contribution in [-0.4, -0.2) is 21.5 Å². The zero-order valence-electron chi connectivity index (χ0n) is 20.8. The molecule has 1 aromatic heterocycles. The molecule has 3 saturated carbocycles. The first-order chi connectivity index (χ1) is 16.9. The SMILES string of the molecule is CC#C[C@]1(O)CC[C@H]2[C@@H]3CCC4=CC(=O)CC[C@@H]4[C@H]3[C@@H](c3ccc(-c4cccnc4)cc3)C[C@@]21C. The molecule has 1 aromatic carbocycles. The van der Waals surface area contributed by atoms with Gasteiger partial charge in [-0.15, -0.1) is 5.92 Å². The van der Waals surface area contributed by atoms with Crippen molar-refractivity contribution in [3.8, 4) is 23.0 Å². The fourth-order valence-corrected chi connectivity index (χ4v) is 8.52. The van der Waals surface area contributed by atoms with Crippen molar-refractivity contribution in [2.24, 2.45) is 29.1 Å². The van der Waals surface area contributed by atoms with E-state index in [9.17, 15) is 9.90 Å². The quantitative estimate of drug-likeness (QED) is 0.527. The van der Waals surface area contributed by atoms with E-state index in [0.717, 1.165) is 44.1 Å². The summed E-state index contributed by atoms with van der Waals surface area (Å²) in [6, 6.07) is 13.1. The molecule has 1 heterocycles. The zero-order chi connectivity index (χ0) is 24.2. The van der Waals surface area contributed by atoms with Crippen molar-refractivity contribution in [2.45, 2.75) is 70.3 Å². The number of aliphatic hydroxyl groups is 1. The first-order valence-corrected chi connectivity index (χ1v) is 13.3. The number of pyridine rings is 1. The topological polar surface area (TPSA) is 50.2 Å². The summed E-state index contributed by atoms with van der Waals surface area (Å²) in [4.78, 5) is 16.5. The zero-order valence-corrected chi connectivity index (χ0v) is 20.8. The molecular weight excluding hydrogens is 430 g/mol. The van der Waals surface area contributed by atoms with Crippen LogP contribution in [0.3, 0.4) is 0 Å². The molecule has 0 bridgehead atoms. The van der Waals surface area contributed by atoms with Gasteiger partial charge >= 0.3 is 0 Å². The van der Waals surface area contributed by atoms with Crippen LogP contribution in [0.15, 0.2) is 60.4 Å². The minimum Gasteiger partial charge on any atom is -0.377 e. The van der Waals surface area contributed by atoms with Crippen molar-refractivity contribution in [1.29, 1.82) is 0 Å². The second-order valence-corrected chi connectivity index (χ2v) is 11.6. The van der Waals surface area contributed by atoms with Crippen LogP contribution >= 0.6 is 0 Å². The highest BCUT2D eigenvalue weighted by Gasteiger charge is 2.64. The third-order valence-corrected chi connectivity index (χ3v) is 10.1. The second kappa shape index (κ2) is 8.45. The van der Waals surface area contributed by atoms with E-state index in [1.807, 2.05) is 31.5 Å². The Hall–Kier alpha value is -2.70. The molecule has 180 valence electrons. The maximum Gasteiger partial charge on any atom is 0.155 e. The third kappa shape index (κ3) is 3.53. The smallest absolute Gasteiger partial charge is 0.155 e. The van der Waals surface area contributed by atoms with Crippen LogP contribution < -0.4 is 0 Å². The van der Waals surface area contributed by atoms with E-state index in [1.165, 1.54) is 16.7 Å². The summed E-state index contributed by atoms with van der Waals surface area (Å²) in [5.41, 5.74) is 3.94. The van der Waals surface area contributed by atoms with Crippen LogP contribution in [0.2, 0.25) is 0 Å². The van der Waals surface area contributed by atoms with Crippen LogP contribution in [0.5, 0.6) is 0 Å². The fraction of sp³-hybridized carbons (Fsp3) is 0.500. The lowest BCUT2D eigenvalue weighted by Gasteiger charge is -2.58. The van der Waals surface area contributed by atoms with Gasteiger partial charge in [0, 0.05) is 24.2 Å². The summed E-state index contributed by atoms with van der Waals surface area (Å²) in [6.45, 7) is 4.17. The van der Waals surface area contributed by atoms with Gasteiger partial charge in [-0.3, -0.25) is 9.78 Å². The number of ketones is 1. The molecular formula is C32H35NO2. The molecule has 0 saturated heterocycles. The molecule has 3 nitrogen and oxygen atoms in total.